The fourth-order valence-corrected chi connectivity index (χ4v) is 2.31. The van der Waals surface area contributed by atoms with Crippen LogP contribution in [-0.2, 0) is 20.2 Å². The third-order valence-corrected chi connectivity index (χ3v) is 3.52. The summed E-state index contributed by atoms with van der Waals surface area (Å²) in [6, 6.07) is 6.09. The number of imidazole rings is 1. The Labute approximate surface area is 121 Å². The van der Waals surface area contributed by atoms with Gasteiger partial charge in [0.2, 0.25) is 0 Å². The second-order valence-electron chi connectivity index (χ2n) is 4.29. The van der Waals surface area contributed by atoms with Gasteiger partial charge in [0.15, 0.2) is 0 Å². The van der Waals surface area contributed by atoms with Crippen LogP contribution in [0.5, 0.6) is 5.75 Å². The van der Waals surface area contributed by atoms with Crippen LogP contribution in [0.1, 0.15) is 18.2 Å². The molecule has 1 aromatic carbocycles. The molecule has 2 aromatic rings. The van der Waals surface area contributed by atoms with Crippen LogP contribution in [0.4, 0.5) is 0 Å². The molecule has 0 bridgehead atoms. The summed E-state index contributed by atoms with van der Waals surface area (Å²) >= 11 is 3.55. The Morgan fingerprint density at radius 2 is 2.26 bits per heavy atom. The maximum absolute atomic E-state index is 5.94. The van der Waals surface area contributed by atoms with Gasteiger partial charge in [0.25, 0.3) is 0 Å². The SMILES string of the molecule is CCNCc1cccc(Br)c1OCc1cncn1C. The highest BCUT2D eigenvalue weighted by Crippen LogP contribution is 2.29. The molecule has 0 aliphatic rings. The molecule has 1 aromatic heterocycles. The van der Waals surface area contributed by atoms with Crippen LogP contribution in [0.15, 0.2) is 35.2 Å². The number of rotatable bonds is 6. The Hall–Kier alpha value is -1.33. The number of halogens is 1. The van der Waals surface area contributed by atoms with Gasteiger partial charge in [0, 0.05) is 19.2 Å². The molecular weight excluding hydrogens is 306 g/mol. The van der Waals surface area contributed by atoms with E-state index in [1.165, 1.54) is 0 Å². The predicted molar refractivity (Wildman–Crippen MR) is 79.1 cm³/mol. The van der Waals surface area contributed by atoms with E-state index in [9.17, 15) is 0 Å². The zero-order chi connectivity index (χ0) is 13.7. The van der Waals surface area contributed by atoms with E-state index in [2.05, 4.69) is 39.2 Å². The van der Waals surface area contributed by atoms with Crippen molar-refractivity contribution in [3.63, 3.8) is 0 Å². The summed E-state index contributed by atoms with van der Waals surface area (Å²) in [5, 5.41) is 3.32. The van der Waals surface area contributed by atoms with Crippen molar-refractivity contribution in [1.82, 2.24) is 14.9 Å². The van der Waals surface area contributed by atoms with Crippen molar-refractivity contribution in [3.05, 3.63) is 46.5 Å². The maximum Gasteiger partial charge on any atom is 0.138 e. The van der Waals surface area contributed by atoms with Crippen molar-refractivity contribution in [2.45, 2.75) is 20.1 Å². The molecule has 1 N–H and O–H groups in total. The Morgan fingerprint density at radius 3 is 2.95 bits per heavy atom. The molecule has 1 heterocycles. The average molecular weight is 324 g/mol. The lowest BCUT2D eigenvalue weighted by Crippen LogP contribution is -2.13. The van der Waals surface area contributed by atoms with Gasteiger partial charge in [0.1, 0.15) is 12.4 Å². The van der Waals surface area contributed by atoms with E-state index in [0.717, 1.165) is 34.6 Å². The van der Waals surface area contributed by atoms with Gasteiger partial charge in [-0.15, -0.1) is 0 Å². The third-order valence-electron chi connectivity index (χ3n) is 2.89. The van der Waals surface area contributed by atoms with Crippen LogP contribution in [-0.4, -0.2) is 16.1 Å². The molecule has 0 aliphatic heterocycles. The minimum atomic E-state index is 0.512. The summed E-state index contributed by atoms with van der Waals surface area (Å²) in [6.07, 6.45) is 3.60. The Morgan fingerprint density at radius 1 is 1.42 bits per heavy atom. The molecule has 0 unspecified atom stereocenters. The van der Waals surface area contributed by atoms with Gasteiger partial charge in [-0.25, -0.2) is 4.98 Å². The number of nitrogens with one attached hydrogen (secondary N) is 1. The fraction of sp³-hybridized carbons (Fsp3) is 0.357. The van der Waals surface area contributed by atoms with E-state index in [0.29, 0.717) is 6.61 Å². The summed E-state index contributed by atoms with van der Waals surface area (Å²) < 4.78 is 8.88. The van der Waals surface area contributed by atoms with Gasteiger partial charge < -0.3 is 14.6 Å². The van der Waals surface area contributed by atoms with Crippen LogP contribution in [0.25, 0.3) is 0 Å². The standard InChI is InChI=1S/C14H18BrN3O/c1-3-16-7-11-5-4-6-13(15)14(11)19-9-12-8-17-10-18(12)2/h4-6,8,10,16H,3,7,9H2,1-2H3. The zero-order valence-corrected chi connectivity index (χ0v) is 12.8. The number of aromatic nitrogens is 2. The summed E-state index contributed by atoms with van der Waals surface area (Å²) in [4.78, 5) is 4.09. The van der Waals surface area contributed by atoms with Crippen molar-refractivity contribution < 1.29 is 4.74 Å². The van der Waals surface area contributed by atoms with E-state index in [4.69, 9.17) is 4.74 Å². The van der Waals surface area contributed by atoms with E-state index in [-0.39, 0.29) is 0 Å². The number of hydrogen-bond acceptors (Lipinski definition) is 3. The molecule has 0 spiro atoms. The molecule has 0 aliphatic carbocycles. The number of para-hydroxylation sites is 1. The van der Waals surface area contributed by atoms with Crippen LogP contribution in [0.3, 0.4) is 0 Å². The van der Waals surface area contributed by atoms with Gasteiger partial charge in [-0.2, -0.15) is 0 Å². The molecular formula is C14H18BrN3O. The van der Waals surface area contributed by atoms with E-state index >= 15 is 0 Å². The van der Waals surface area contributed by atoms with Gasteiger partial charge in [-0.05, 0) is 28.5 Å². The van der Waals surface area contributed by atoms with Crippen molar-refractivity contribution in [2.75, 3.05) is 6.54 Å². The summed E-state index contributed by atoms with van der Waals surface area (Å²) in [6.45, 7) is 4.34. The molecule has 19 heavy (non-hydrogen) atoms. The topological polar surface area (TPSA) is 39.1 Å². The number of aryl methyl sites for hydroxylation is 1. The van der Waals surface area contributed by atoms with Crippen molar-refractivity contribution >= 4 is 15.9 Å². The lowest BCUT2D eigenvalue weighted by atomic mass is 10.2. The van der Waals surface area contributed by atoms with Crippen molar-refractivity contribution in [2.24, 2.45) is 7.05 Å². The van der Waals surface area contributed by atoms with Crippen molar-refractivity contribution in [3.8, 4) is 5.75 Å². The molecule has 0 amide bonds. The summed E-state index contributed by atoms with van der Waals surface area (Å²) in [5.74, 6) is 0.893. The highest BCUT2D eigenvalue weighted by atomic mass is 79.9. The molecule has 0 atom stereocenters. The first-order chi connectivity index (χ1) is 9.22. The number of nitrogens with zero attached hydrogens (tertiary/aromatic N) is 2. The molecule has 0 saturated carbocycles. The average Bonchev–Trinajstić information content (AvgIpc) is 2.81. The van der Waals surface area contributed by atoms with Crippen molar-refractivity contribution in [1.29, 1.82) is 0 Å². The van der Waals surface area contributed by atoms with Crippen LogP contribution >= 0.6 is 15.9 Å². The Bertz CT molecular complexity index is 539. The second-order valence-corrected chi connectivity index (χ2v) is 5.15. The second kappa shape index (κ2) is 6.73. The highest BCUT2D eigenvalue weighted by Gasteiger charge is 2.09. The molecule has 0 radical (unpaired) electrons. The first-order valence-corrected chi connectivity index (χ1v) is 7.07. The first-order valence-electron chi connectivity index (χ1n) is 6.28. The maximum atomic E-state index is 5.94. The van der Waals surface area contributed by atoms with Crippen LogP contribution in [0, 0.1) is 0 Å². The van der Waals surface area contributed by atoms with Gasteiger partial charge >= 0.3 is 0 Å². The largest absolute Gasteiger partial charge is 0.486 e. The number of hydrogen-bond donors (Lipinski definition) is 1. The number of ether oxygens (including phenoxy) is 1. The molecule has 2 rings (SSSR count). The van der Waals surface area contributed by atoms with Gasteiger partial charge in [-0.3, -0.25) is 0 Å². The van der Waals surface area contributed by atoms with E-state index in [1.54, 1.807) is 6.33 Å². The normalized spacial score (nSPS) is 10.7. The van der Waals surface area contributed by atoms with Crippen LogP contribution < -0.4 is 10.1 Å². The molecule has 4 nitrogen and oxygen atoms in total. The van der Waals surface area contributed by atoms with Crippen LogP contribution in [0.2, 0.25) is 0 Å². The predicted octanol–water partition coefficient (Wildman–Crippen LogP) is 2.87. The zero-order valence-electron chi connectivity index (χ0n) is 11.2. The smallest absolute Gasteiger partial charge is 0.138 e. The quantitative estimate of drug-likeness (QED) is 0.888. The minimum absolute atomic E-state index is 0.512. The van der Waals surface area contributed by atoms with E-state index in [1.807, 2.05) is 29.9 Å². The molecule has 0 fully saturated rings. The Balaban J connectivity index is 2.12. The summed E-state index contributed by atoms with van der Waals surface area (Å²) in [5.41, 5.74) is 2.20. The fourth-order valence-electron chi connectivity index (χ4n) is 1.78. The monoisotopic (exact) mass is 323 g/mol. The summed E-state index contributed by atoms with van der Waals surface area (Å²) in [7, 11) is 1.96. The minimum Gasteiger partial charge on any atom is -0.486 e. The molecule has 102 valence electrons. The highest BCUT2D eigenvalue weighted by molar-refractivity contribution is 9.10. The molecule has 5 heteroatoms. The lowest BCUT2D eigenvalue weighted by Gasteiger charge is -2.13. The lowest BCUT2D eigenvalue weighted by molar-refractivity contribution is 0.291. The number of benzene rings is 1. The van der Waals surface area contributed by atoms with Gasteiger partial charge in [-0.1, -0.05) is 19.1 Å². The van der Waals surface area contributed by atoms with E-state index < -0.39 is 0 Å². The first kappa shape index (κ1) is 14.1. The van der Waals surface area contributed by atoms with Gasteiger partial charge in [0.05, 0.1) is 22.7 Å². The molecule has 0 saturated heterocycles. The Kier molecular flexibility index (Phi) is 4.99. The third kappa shape index (κ3) is 3.58.